The van der Waals surface area contributed by atoms with E-state index >= 15 is 0 Å². The molecule has 0 spiro atoms. The van der Waals surface area contributed by atoms with Crippen LogP contribution in [0.2, 0.25) is 0 Å². The van der Waals surface area contributed by atoms with E-state index in [0.29, 0.717) is 17.9 Å². The normalized spacial score (nSPS) is 20.2. The van der Waals surface area contributed by atoms with Crippen LogP contribution in [0.15, 0.2) is 30.5 Å². The molecule has 0 unspecified atom stereocenters. The summed E-state index contributed by atoms with van der Waals surface area (Å²) in [7, 11) is 1.66. The van der Waals surface area contributed by atoms with Crippen LogP contribution in [-0.4, -0.2) is 35.0 Å². The smallest absolute Gasteiger partial charge is 0.340 e. The Kier molecular flexibility index (Phi) is 4.51. The van der Waals surface area contributed by atoms with Crippen LogP contribution in [0.3, 0.4) is 0 Å². The molecule has 1 amide bonds. The second-order valence-electron chi connectivity index (χ2n) is 7.26. The number of alkyl halides is 3. The van der Waals surface area contributed by atoms with Crippen molar-refractivity contribution in [1.29, 1.82) is 0 Å². The van der Waals surface area contributed by atoms with Crippen LogP contribution in [0.1, 0.15) is 38.2 Å². The SMILES string of the molecule is CC[C@@H]1C(=O)N(C)c2cnc(-c3ccccc3C(F)(F)F)nc2N1C1CCC1. The highest BCUT2D eigenvalue weighted by Crippen LogP contribution is 2.42. The molecule has 28 heavy (non-hydrogen) atoms. The number of halogens is 3. The highest BCUT2D eigenvalue weighted by atomic mass is 19.4. The van der Waals surface area contributed by atoms with Crippen molar-refractivity contribution in [3.8, 4) is 11.4 Å². The third-order valence-corrected chi connectivity index (χ3v) is 5.64. The van der Waals surface area contributed by atoms with Gasteiger partial charge in [-0.15, -0.1) is 0 Å². The van der Waals surface area contributed by atoms with Gasteiger partial charge >= 0.3 is 6.18 Å². The zero-order valence-electron chi connectivity index (χ0n) is 15.7. The molecule has 1 aliphatic carbocycles. The molecule has 1 aromatic carbocycles. The summed E-state index contributed by atoms with van der Waals surface area (Å²) in [6, 6.07) is 5.14. The first-order chi connectivity index (χ1) is 13.3. The lowest BCUT2D eigenvalue weighted by Gasteiger charge is -2.47. The van der Waals surface area contributed by atoms with Crippen molar-refractivity contribution in [2.24, 2.45) is 0 Å². The van der Waals surface area contributed by atoms with E-state index in [1.54, 1.807) is 13.1 Å². The minimum absolute atomic E-state index is 0.0219. The van der Waals surface area contributed by atoms with E-state index in [9.17, 15) is 18.0 Å². The maximum atomic E-state index is 13.5. The molecule has 0 saturated heterocycles. The number of anilines is 2. The number of fused-ring (bicyclic) bond motifs is 1. The molecule has 8 heteroatoms. The minimum atomic E-state index is -4.50. The van der Waals surface area contributed by atoms with E-state index < -0.39 is 11.7 Å². The first kappa shape index (κ1) is 18.7. The second kappa shape index (κ2) is 6.76. The summed E-state index contributed by atoms with van der Waals surface area (Å²) in [4.78, 5) is 25.0. The molecule has 1 aliphatic heterocycles. The van der Waals surface area contributed by atoms with Crippen LogP contribution in [-0.2, 0) is 11.0 Å². The first-order valence-electron chi connectivity index (χ1n) is 9.42. The van der Waals surface area contributed by atoms with Crippen molar-refractivity contribution in [2.75, 3.05) is 16.8 Å². The lowest BCUT2D eigenvalue weighted by molar-refractivity contribution is -0.137. The van der Waals surface area contributed by atoms with Crippen LogP contribution in [0, 0.1) is 0 Å². The number of hydrogen-bond acceptors (Lipinski definition) is 4. The van der Waals surface area contributed by atoms with Gasteiger partial charge < -0.3 is 9.80 Å². The van der Waals surface area contributed by atoms with Crippen molar-refractivity contribution in [3.05, 3.63) is 36.0 Å². The second-order valence-corrected chi connectivity index (χ2v) is 7.26. The average molecular weight is 390 g/mol. The van der Waals surface area contributed by atoms with Gasteiger partial charge in [-0.25, -0.2) is 9.97 Å². The number of likely N-dealkylation sites (N-methyl/N-ethyl adjacent to an activating group) is 1. The maximum absolute atomic E-state index is 13.5. The lowest BCUT2D eigenvalue weighted by atomic mass is 9.88. The van der Waals surface area contributed by atoms with E-state index in [1.807, 2.05) is 11.8 Å². The maximum Gasteiger partial charge on any atom is 0.417 e. The predicted octanol–water partition coefficient (Wildman–Crippen LogP) is 4.28. The fraction of sp³-hybridized carbons (Fsp3) is 0.450. The number of carbonyl (C=O) groups excluding carboxylic acids is 1. The molecule has 148 valence electrons. The van der Waals surface area contributed by atoms with Crippen LogP contribution in [0.4, 0.5) is 24.7 Å². The largest absolute Gasteiger partial charge is 0.417 e. The van der Waals surface area contributed by atoms with Gasteiger partial charge in [0.2, 0.25) is 5.91 Å². The molecular formula is C20H21F3N4O. The molecule has 0 radical (unpaired) electrons. The lowest BCUT2D eigenvalue weighted by Crippen LogP contribution is -2.57. The van der Waals surface area contributed by atoms with E-state index in [4.69, 9.17) is 0 Å². The fourth-order valence-electron chi connectivity index (χ4n) is 3.92. The summed E-state index contributed by atoms with van der Waals surface area (Å²) in [6.45, 7) is 1.94. The van der Waals surface area contributed by atoms with Crippen molar-refractivity contribution >= 4 is 17.4 Å². The Morgan fingerprint density at radius 2 is 1.93 bits per heavy atom. The Morgan fingerprint density at radius 3 is 2.54 bits per heavy atom. The van der Waals surface area contributed by atoms with Crippen molar-refractivity contribution in [2.45, 2.75) is 50.9 Å². The summed E-state index contributed by atoms with van der Waals surface area (Å²) < 4.78 is 40.4. The van der Waals surface area contributed by atoms with Crippen LogP contribution >= 0.6 is 0 Å². The zero-order valence-corrected chi connectivity index (χ0v) is 15.7. The zero-order chi connectivity index (χ0) is 20.1. The number of carbonyl (C=O) groups is 1. The van der Waals surface area contributed by atoms with Gasteiger partial charge in [-0.3, -0.25) is 4.79 Å². The first-order valence-corrected chi connectivity index (χ1v) is 9.42. The summed E-state index contributed by atoms with van der Waals surface area (Å²) >= 11 is 0. The summed E-state index contributed by atoms with van der Waals surface area (Å²) in [5, 5.41) is 0. The van der Waals surface area contributed by atoms with E-state index in [2.05, 4.69) is 9.97 Å². The third kappa shape index (κ3) is 2.91. The summed E-state index contributed by atoms with van der Waals surface area (Å²) in [5.74, 6) is 0.531. The Hall–Kier alpha value is -2.64. The van der Waals surface area contributed by atoms with Crippen LogP contribution in [0.5, 0.6) is 0 Å². The van der Waals surface area contributed by atoms with Gasteiger partial charge in [-0.2, -0.15) is 13.2 Å². The fourth-order valence-corrected chi connectivity index (χ4v) is 3.92. The molecule has 5 nitrogen and oxygen atoms in total. The molecule has 2 aliphatic rings. The van der Waals surface area contributed by atoms with Gasteiger partial charge in [0.1, 0.15) is 11.7 Å². The molecular weight excluding hydrogens is 369 g/mol. The van der Waals surface area contributed by atoms with Gasteiger partial charge in [0.05, 0.1) is 11.8 Å². The van der Waals surface area contributed by atoms with Crippen molar-refractivity contribution in [3.63, 3.8) is 0 Å². The summed E-state index contributed by atoms with van der Waals surface area (Å²) in [5.41, 5.74) is -0.286. The molecule has 0 bridgehead atoms. The highest BCUT2D eigenvalue weighted by Gasteiger charge is 2.42. The third-order valence-electron chi connectivity index (χ3n) is 5.64. The number of benzene rings is 1. The predicted molar refractivity (Wildman–Crippen MR) is 100 cm³/mol. The topological polar surface area (TPSA) is 49.3 Å². The van der Waals surface area contributed by atoms with E-state index in [0.717, 1.165) is 25.3 Å². The average Bonchev–Trinajstić information content (AvgIpc) is 2.63. The minimum Gasteiger partial charge on any atom is -0.340 e. The Labute approximate surface area is 161 Å². The van der Waals surface area contributed by atoms with Gasteiger partial charge in [0, 0.05) is 18.7 Å². The molecule has 1 aromatic heterocycles. The molecule has 2 heterocycles. The van der Waals surface area contributed by atoms with Gasteiger partial charge in [0.25, 0.3) is 0 Å². The van der Waals surface area contributed by atoms with Crippen LogP contribution < -0.4 is 9.80 Å². The van der Waals surface area contributed by atoms with E-state index in [1.165, 1.54) is 23.2 Å². The van der Waals surface area contributed by atoms with E-state index in [-0.39, 0.29) is 29.4 Å². The molecule has 1 saturated carbocycles. The summed E-state index contributed by atoms with van der Waals surface area (Å²) in [6.07, 6.45) is 0.544. The molecule has 2 aromatic rings. The highest BCUT2D eigenvalue weighted by molar-refractivity contribution is 6.04. The number of nitrogens with zero attached hydrogens (tertiary/aromatic N) is 4. The Morgan fingerprint density at radius 1 is 1.21 bits per heavy atom. The standard InChI is InChI=1S/C20H21F3N4O/c1-3-15-19(28)26(2)16-11-24-17(25-18(16)27(15)12-7-6-8-12)13-9-4-5-10-14(13)20(21,22)23/h4-5,9-12,15H,3,6-8H2,1-2H3/t15-/m1/s1. The molecule has 1 atom stereocenters. The Balaban J connectivity index is 1.87. The number of hydrogen-bond donors (Lipinski definition) is 0. The number of aromatic nitrogens is 2. The van der Waals surface area contributed by atoms with Gasteiger partial charge in [-0.05, 0) is 31.7 Å². The van der Waals surface area contributed by atoms with Crippen LogP contribution in [0.25, 0.3) is 11.4 Å². The monoisotopic (exact) mass is 390 g/mol. The van der Waals surface area contributed by atoms with Crippen molar-refractivity contribution < 1.29 is 18.0 Å². The molecule has 0 N–H and O–H groups in total. The van der Waals surface area contributed by atoms with Gasteiger partial charge in [-0.1, -0.05) is 25.1 Å². The number of rotatable bonds is 3. The van der Waals surface area contributed by atoms with Gasteiger partial charge in [0.15, 0.2) is 11.6 Å². The molecule has 1 fully saturated rings. The number of amides is 1. The molecule has 4 rings (SSSR count). The van der Waals surface area contributed by atoms with Crippen molar-refractivity contribution in [1.82, 2.24) is 9.97 Å². The Bertz CT molecular complexity index is 911. The quantitative estimate of drug-likeness (QED) is 0.785.